The van der Waals surface area contributed by atoms with Crippen LogP contribution in [0.5, 0.6) is 5.75 Å². The molecule has 1 atom stereocenters. The maximum Gasteiger partial charge on any atom is 0.325 e. The molecule has 0 radical (unpaired) electrons. The number of rotatable bonds is 3. The van der Waals surface area contributed by atoms with Crippen LogP contribution in [0.15, 0.2) is 24.3 Å². The Morgan fingerprint density at radius 3 is 2.85 bits per heavy atom. The predicted molar refractivity (Wildman–Crippen MR) is 47.6 cm³/mol. The molecule has 0 aliphatic carbocycles. The fourth-order valence-corrected chi connectivity index (χ4v) is 0.978. The molecule has 0 aromatic heterocycles. The van der Waals surface area contributed by atoms with Crippen molar-refractivity contribution in [3.63, 3.8) is 0 Å². The molecule has 4 heteroatoms. The molecule has 13 heavy (non-hydrogen) atoms. The first-order chi connectivity index (χ1) is 6.15. The molecule has 0 aliphatic rings. The molecule has 0 saturated heterocycles. The lowest BCUT2D eigenvalue weighted by atomic mass is 10.1. The third-order valence-corrected chi connectivity index (χ3v) is 1.72. The van der Waals surface area contributed by atoms with E-state index in [1.54, 1.807) is 24.3 Å². The summed E-state index contributed by atoms with van der Waals surface area (Å²) in [4.78, 5) is 10.5. The van der Waals surface area contributed by atoms with E-state index in [1.165, 1.54) is 7.11 Å². The van der Waals surface area contributed by atoms with Gasteiger partial charge >= 0.3 is 5.97 Å². The Bertz CT molecular complexity index is 311. The van der Waals surface area contributed by atoms with E-state index in [0.717, 1.165) is 0 Å². The van der Waals surface area contributed by atoms with E-state index in [0.29, 0.717) is 11.3 Å². The quantitative estimate of drug-likeness (QED) is 0.722. The average molecular weight is 181 g/mol. The second-order valence-electron chi connectivity index (χ2n) is 2.59. The van der Waals surface area contributed by atoms with Crippen molar-refractivity contribution in [2.24, 2.45) is 5.73 Å². The average Bonchev–Trinajstić information content (AvgIpc) is 2.16. The van der Waals surface area contributed by atoms with Crippen LogP contribution >= 0.6 is 0 Å². The minimum absolute atomic E-state index is 0.534. The normalized spacial score (nSPS) is 12.2. The lowest BCUT2D eigenvalue weighted by molar-refractivity contribution is -0.138. The Hall–Kier alpha value is -1.55. The van der Waals surface area contributed by atoms with E-state index in [2.05, 4.69) is 0 Å². The van der Waals surface area contributed by atoms with E-state index >= 15 is 0 Å². The van der Waals surface area contributed by atoms with Crippen LogP contribution in [0.1, 0.15) is 11.6 Å². The Labute approximate surface area is 75.9 Å². The molecule has 0 heterocycles. The monoisotopic (exact) mass is 181 g/mol. The van der Waals surface area contributed by atoms with Crippen LogP contribution < -0.4 is 10.5 Å². The highest BCUT2D eigenvalue weighted by atomic mass is 16.5. The maximum atomic E-state index is 10.5. The van der Waals surface area contributed by atoms with E-state index < -0.39 is 12.0 Å². The molecular weight excluding hydrogens is 170 g/mol. The minimum atomic E-state index is -1.05. The number of carboxylic acids is 1. The van der Waals surface area contributed by atoms with Gasteiger partial charge in [0.1, 0.15) is 11.8 Å². The maximum absolute atomic E-state index is 10.5. The summed E-state index contributed by atoms with van der Waals surface area (Å²) in [6.45, 7) is 0. The van der Waals surface area contributed by atoms with Crippen LogP contribution in [0, 0.1) is 0 Å². The molecule has 3 N–H and O–H groups in total. The van der Waals surface area contributed by atoms with Crippen molar-refractivity contribution in [3.05, 3.63) is 29.8 Å². The molecule has 4 nitrogen and oxygen atoms in total. The smallest absolute Gasteiger partial charge is 0.325 e. The van der Waals surface area contributed by atoms with E-state index in [1.807, 2.05) is 0 Å². The van der Waals surface area contributed by atoms with Gasteiger partial charge in [0.2, 0.25) is 0 Å². The number of carbonyl (C=O) groups is 1. The SMILES string of the molecule is COc1cccc([C@@H](N)C(=O)O)c1. The van der Waals surface area contributed by atoms with Crippen molar-refractivity contribution in [3.8, 4) is 5.75 Å². The number of hydrogen-bond donors (Lipinski definition) is 2. The van der Waals surface area contributed by atoms with Crippen molar-refractivity contribution in [2.45, 2.75) is 6.04 Å². The summed E-state index contributed by atoms with van der Waals surface area (Å²) in [6, 6.07) is 5.71. The van der Waals surface area contributed by atoms with Gasteiger partial charge in [0, 0.05) is 0 Å². The Morgan fingerprint density at radius 1 is 1.62 bits per heavy atom. The van der Waals surface area contributed by atoms with Crippen molar-refractivity contribution in [2.75, 3.05) is 7.11 Å². The molecule has 1 aromatic carbocycles. The Morgan fingerprint density at radius 2 is 2.31 bits per heavy atom. The number of hydrogen-bond acceptors (Lipinski definition) is 3. The predicted octanol–water partition coefficient (Wildman–Crippen LogP) is 0.780. The molecule has 0 unspecified atom stereocenters. The van der Waals surface area contributed by atoms with Gasteiger partial charge in [0.15, 0.2) is 0 Å². The number of benzene rings is 1. The fourth-order valence-electron chi connectivity index (χ4n) is 0.978. The first kappa shape index (κ1) is 9.54. The van der Waals surface area contributed by atoms with Gasteiger partial charge in [-0.1, -0.05) is 12.1 Å². The zero-order chi connectivity index (χ0) is 9.84. The molecule has 0 bridgehead atoms. The minimum Gasteiger partial charge on any atom is -0.497 e. The lowest BCUT2D eigenvalue weighted by Gasteiger charge is -2.07. The third kappa shape index (κ3) is 2.19. The highest BCUT2D eigenvalue weighted by molar-refractivity contribution is 5.75. The van der Waals surface area contributed by atoms with Gasteiger partial charge in [0.05, 0.1) is 7.11 Å². The molecule has 0 amide bonds. The Balaban J connectivity index is 2.94. The van der Waals surface area contributed by atoms with E-state index in [-0.39, 0.29) is 0 Å². The van der Waals surface area contributed by atoms with Crippen molar-refractivity contribution < 1.29 is 14.6 Å². The van der Waals surface area contributed by atoms with E-state index in [9.17, 15) is 4.79 Å². The second-order valence-corrected chi connectivity index (χ2v) is 2.59. The summed E-state index contributed by atoms with van der Waals surface area (Å²) in [7, 11) is 1.52. The summed E-state index contributed by atoms with van der Waals surface area (Å²) in [5.41, 5.74) is 5.94. The summed E-state index contributed by atoms with van der Waals surface area (Å²) in [5, 5.41) is 8.63. The van der Waals surface area contributed by atoms with Gasteiger partial charge in [0.25, 0.3) is 0 Å². The van der Waals surface area contributed by atoms with Crippen molar-refractivity contribution in [1.82, 2.24) is 0 Å². The Kier molecular flexibility index (Phi) is 2.87. The molecule has 0 spiro atoms. The van der Waals surface area contributed by atoms with Crippen LogP contribution in [0.2, 0.25) is 0 Å². The summed E-state index contributed by atoms with van der Waals surface area (Å²) in [6.07, 6.45) is 0. The summed E-state index contributed by atoms with van der Waals surface area (Å²) < 4.78 is 4.94. The van der Waals surface area contributed by atoms with Crippen LogP contribution in [0.3, 0.4) is 0 Å². The topological polar surface area (TPSA) is 72.5 Å². The number of carboxylic acid groups (broad SMARTS) is 1. The van der Waals surface area contributed by atoms with Gasteiger partial charge in [-0.25, -0.2) is 0 Å². The highest BCUT2D eigenvalue weighted by Gasteiger charge is 2.13. The zero-order valence-corrected chi connectivity index (χ0v) is 7.23. The largest absolute Gasteiger partial charge is 0.497 e. The summed E-state index contributed by atoms with van der Waals surface area (Å²) >= 11 is 0. The highest BCUT2D eigenvalue weighted by Crippen LogP contribution is 2.17. The molecule has 0 fully saturated rings. The molecular formula is C9H11NO3. The molecule has 1 aromatic rings. The molecule has 1 rings (SSSR count). The molecule has 0 saturated carbocycles. The number of aliphatic carboxylic acids is 1. The summed E-state index contributed by atoms with van der Waals surface area (Å²) in [5.74, 6) is -0.442. The van der Waals surface area contributed by atoms with E-state index in [4.69, 9.17) is 15.6 Å². The molecule has 0 aliphatic heterocycles. The van der Waals surface area contributed by atoms with Crippen molar-refractivity contribution >= 4 is 5.97 Å². The lowest BCUT2D eigenvalue weighted by Crippen LogP contribution is -2.20. The number of ether oxygens (including phenoxy) is 1. The first-order valence-electron chi connectivity index (χ1n) is 3.77. The van der Waals surface area contributed by atoms with Gasteiger partial charge in [-0.05, 0) is 17.7 Å². The van der Waals surface area contributed by atoms with Gasteiger partial charge in [-0.2, -0.15) is 0 Å². The second kappa shape index (κ2) is 3.91. The third-order valence-electron chi connectivity index (χ3n) is 1.72. The number of nitrogens with two attached hydrogens (primary N) is 1. The van der Waals surface area contributed by atoms with Crippen LogP contribution in [0.25, 0.3) is 0 Å². The molecule has 70 valence electrons. The zero-order valence-electron chi connectivity index (χ0n) is 7.23. The van der Waals surface area contributed by atoms with Gasteiger partial charge < -0.3 is 15.6 Å². The van der Waals surface area contributed by atoms with Crippen LogP contribution in [0.4, 0.5) is 0 Å². The van der Waals surface area contributed by atoms with Gasteiger partial charge in [-0.15, -0.1) is 0 Å². The van der Waals surface area contributed by atoms with Gasteiger partial charge in [-0.3, -0.25) is 4.79 Å². The first-order valence-corrected chi connectivity index (χ1v) is 3.77. The number of methoxy groups -OCH3 is 1. The van der Waals surface area contributed by atoms with Crippen LogP contribution in [-0.4, -0.2) is 18.2 Å². The standard InChI is InChI=1S/C9H11NO3/c1-13-7-4-2-3-6(5-7)8(10)9(11)12/h2-5,8H,10H2,1H3,(H,11,12)/t8-/m1/s1. The van der Waals surface area contributed by atoms with Crippen LogP contribution in [-0.2, 0) is 4.79 Å². The fraction of sp³-hybridized carbons (Fsp3) is 0.222. The van der Waals surface area contributed by atoms with Crippen molar-refractivity contribution in [1.29, 1.82) is 0 Å².